The summed E-state index contributed by atoms with van der Waals surface area (Å²) in [6.45, 7) is 4.61. The van der Waals surface area contributed by atoms with Crippen LogP contribution in [-0.2, 0) is 0 Å². The van der Waals surface area contributed by atoms with Gasteiger partial charge in [-0.25, -0.2) is 0 Å². The molecule has 1 unspecified atom stereocenters. The minimum atomic E-state index is 0.778. The fraction of sp³-hybridized carbons (Fsp3) is 0.641. The minimum Gasteiger partial charge on any atom is -0.0804 e. The molecule has 1 fully saturated rings. The average Bonchev–Trinajstić information content (AvgIpc) is 3.00. The Morgan fingerprint density at radius 3 is 1.64 bits per heavy atom. The van der Waals surface area contributed by atoms with E-state index in [9.17, 15) is 0 Å². The SMILES string of the molecule is CCCCCCCCCC[C@H]1CC[C@H](c2ccc(-c3ccc(C4=CCC(CCCCC)CC4)cc3)cc2)CC1. The summed E-state index contributed by atoms with van der Waals surface area (Å²) in [6, 6.07) is 19.0. The summed E-state index contributed by atoms with van der Waals surface area (Å²) in [7, 11) is 0. The Morgan fingerprint density at radius 2 is 1.03 bits per heavy atom. The maximum absolute atomic E-state index is 2.54. The van der Waals surface area contributed by atoms with E-state index < -0.39 is 0 Å². The molecule has 1 saturated carbocycles. The van der Waals surface area contributed by atoms with Crippen LogP contribution in [0.1, 0.15) is 159 Å². The number of hydrogen-bond acceptors (Lipinski definition) is 0. The fourth-order valence-electron chi connectivity index (χ4n) is 7.27. The van der Waals surface area contributed by atoms with Gasteiger partial charge in [-0.2, -0.15) is 0 Å². The lowest BCUT2D eigenvalue weighted by Crippen LogP contribution is -2.13. The van der Waals surface area contributed by atoms with Gasteiger partial charge in [0.2, 0.25) is 0 Å². The van der Waals surface area contributed by atoms with E-state index in [-0.39, 0.29) is 0 Å². The zero-order valence-corrected chi connectivity index (χ0v) is 25.6. The normalized spacial score (nSPS) is 21.6. The van der Waals surface area contributed by atoms with Crippen molar-refractivity contribution in [2.45, 2.75) is 148 Å². The summed E-state index contributed by atoms with van der Waals surface area (Å²) in [6.07, 6.45) is 30.7. The molecule has 0 aliphatic heterocycles. The van der Waals surface area contributed by atoms with Gasteiger partial charge >= 0.3 is 0 Å². The zero-order chi connectivity index (χ0) is 27.1. The lowest BCUT2D eigenvalue weighted by molar-refractivity contribution is 0.302. The Morgan fingerprint density at radius 1 is 0.513 bits per heavy atom. The van der Waals surface area contributed by atoms with Crippen LogP contribution < -0.4 is 0 Å². The summed E-state index contributed by atoms with van der Waals surface area (Å²) < 4.78 is 0. The maximum atomic E-state index is 2.54. The Bertz CT molecular complexity index is 939. The smallest absolute Gasteiger partial charge is 0.0162 e. The Kier molecular flexibility index (Phi) is 13.2. The zero-order valence-electron chi connectivity index (χ0n) is 25.6. The maximum Gasteiger partial charge on any atom is -0.0162 e. The summed E-state index contributed by atoms with van der Waals surface area (Å²) in [5.74, 6) is 2.69. The lowest BCUT2D eigenvalue weighted by Gasteiger charge is -2.29. The first-order chi connectivity index (χ1) is 19.3. The second kappa shape index (κ2) is 17.1. The molecule has 0 aromatic heterocycles. The molecule has 1 atom stereocenters. The van der Waals surface area contributed by atoms with Gasteiger partial charge < -0.3 is 0 Å². The molecule has 0 saturated heterocycles. The van der Waals surface area contributed by atoms with Crippen LogP contribution in [0.25, 0.3) is 16.7 Å². The molecule has 0 radical (unpaired) electrons. The van der Waals surface area contributed by atoms with Gasteiger partial charge in [-0.1, -0.05) is 152 Å². The van der Waals surface area contributed by atoms with Crippen molar-refractivity contribution in [1.29, 1.82) is 0 Å². The van der Waals surface area contributed by atoms with E-state index in [0.29, 0.717) is 0 Å². The molecule has 4 rings (SSSR count). The highest BCUT2D eigenvalue weighted by Crippen LogP contribution is 2.39. The van der Waals surface area contributed by atoms with Crippen molar-refractivity contribution in [3.63, 3.8) is 0 Å². The number of allylic oxidation sites excluding steroid dienone is 2. The van der Waals surface area contributed by atoms with Crippen LogP contribution in [0.5, 0.6) is 0 Å². The van der Waals surface area contributed by atoms with E-state index in [0.717, 1.165) is 17.8 Å². The second-order valence-electron chi connectivity index (χ2n) is 13.0. The third-order valence-electron chi connectivity index (χ3n) is 10.0. The van der Waals surface area contributed by atoms with Gasteiger partial charge in [0.05, 0.1) is 0 Å². The molecule has 2 aliphatic rings. The van der Waals surface area contributed by atoms with Gasteiger partial charge in [-0.05, 0) is 90.5 Å². The lowest BCUT2D eigenvalue weighted by atomic mass is 9.77. The third-order valence-corrected chi connectivity index (χ3v) is 10.0. The van der Waals surface area contributed by atoms with Crippen molar-refractivity contribution in [3.8, 4) is 11.1 Å². The molecule has 0 N–H and O–H groups in total. The highest BCUT2D eigenvalue weighted by Gasteiger charge is 2.22. The predicted molar refractivity (Wildman–Crippen MR) is 173 cm³/mol. The first kappa shape index (κ1) is 30.1. The van der Waals surface area contributed by atoms with Crippen LogP contribution >= 0.6 is 0 Å². The molecule has 0 nitrogen and oxygen atoms in total. The molecule has 2 aliphatic carbocycles. The van der Waals surface area contributed by atoms with Gasteiger partial charge in [-0.15, -0.1) is 0 Å². The molecule has 214 valence electrons. The van der Waals surface area contributed by atoms with E-state index in [1.54, 1.807) is 11.1 Å². The van der Waals surface area contributed by atoms with E-state index in [4.69, 9.17) is 0 Å². The van der Waals surface area contributed by atoms with Crippen LogP contribution in [-0.4, -0.2) is 0 Å². The monoisotopic (exact) mass is 526 g/mol. The van der Waals surface area contributed by atoms with Crippen LogP contribution in [0, 0.1) is 11.8 Å². The van der Waals surface area contributed by atoms with Crippen molar-refractivity contribution in [3.05, 3.63) is 65.7 Å². The number of hydrogen-bond donors (Lipinski definition) is 0. The van der Waals surface area contributed by atoms with E-state index in [1.165, 1.54) is 145 Å². The Labute approximate surface area is 242 Å². The molecular formula is C39H58. The summed E-state index contributed by atoms with van der Waals surface area (Å²) >= 11 is 0. The summed E-state index contributed by atoms with van der Waals surface area (Å²) in [5, 5.41) is 0. The number of benzene rings is 2. The summed E-state index contributed by atoms with van der Waals surface area (Å²) in [4.78, 5) is 0. The molecule has 39 heavy (non-hydrogen) atoms. The van der Waals surface area contributed by atoms with Gasteiger partial charge in [0.1, 0.15) is 0 Å². The van der Waals surface area contributed by atoms with E-state index in [2.05, 4.69) is 68.5 Å². The minimum absolute atomic E-state index is 0.778. The quantitative estimate of drug-likeness (QED) is 0.191. The van der Waals surface area contributed by atoms with Gasteiger partial charge in [0.25, 0.3) is 0 Å². The molecular weight excluding hydrogens is 468 g/mol. The molecule has 0 bridgehead atoms. The van der Waals surface area contributed by atoms with E-state index >= 15 is 0 Å². The molecule has 2 aromatic rings. The van der Waals surface area contributed by atoms with Gasteiger partial charge in [0.15, 0.2) is 0 Å². The highest BCUT2D eigenvalue weighted by molar-refractivity contribution is 5.71. The predicted octanol–water partition coefficient (Wildman–Crippen LogP) is 12.9. The topological polar surface area (TPSA) is 0 Å². The van der Waals surface area contributed by atoms with Crippen molar-refractivity contribution in [1.82, 2.24) is 0 Å². The molecule has 0 spiro atoms. The Hall–Kier alpha value is -1.82. The molecule has 0 heteroatoms. The van der Waals surface area contributed by atoms with E-state index in [1.807, 2.05) is 0 Å². The standard InChI is InChI=1S/C39H58/c1-3-5-7-8-9-10-11-13-15-33-18-22-35(23-19-33)37-26-30-39(31-27-37)38-28-24-36(25-29-38)34-20-16-32(17-21-34)14-12-6-4-2/h20,24-33,35H,3-19,21-23H2,1-2H3/t32?,33-,35-. The van der Waals surface area contributed by atoms with Crippen molar-refractivity contribution in [2.24, 2.45) is 11.8 Å². The van der Waals surface area contributed by atoms with Crippen molar-refractivity contribution >= 4 is 5.57 Å². The third kappa shape index (κ3) is 9.95. The molecule has 0 heterocycles. The van der Waals surface area contributed by atoms with Gasteiger partial charge in [0, 0.05) is 0 Å². The van der Waals surface area contributed by atoms with Crippen LogP contribution in [0.3, 0.4) is 0 Å². The Balaban J connectivity index is 1.17. The highest BCUT2D eigenvalue weighted by atomic mass is 14.3. The average molecular weight is 527 g/mol. The first-order valence-electron chi connectivity index (χ1n) is 17.2. The largest absolute Gasteiger partial charge is 0.0804 e. The molecule has 0 amide bonds. The summed E-state index contributed by atoms with van der Waals surface area (Å²) in [5.41, 5.74) is 7.30. The first-order valence-corrected chi connectivity index (χ1v) is 17.2. The molecule has 2 aromatic carbocycles. The van der Waals surface area contributed by atoms with Crippen molar-refractivity contribution in [2.75, 3.05) is 0 Å². The second-order valence-corrected chi connectivity index (χ2v) is 13.0. The van der Waals surface area contributed by atoms with Crippen LogP contribution in [0.4, 0.5) is 0 Å². The van der Waals surface area contributed by atoms with Crippen LogP contribution in [0.15, 0.2) is 54.6 Å². The van der Waals surface area contributed by atoms with Crippen LogP contribution in [0.2, 0.25) is 0 Å². The number of unbranched alkanes of at least 4 members (excludes halogenated alkanes) is 9. The van der Waals surface area contributed by atoms with Crippen molar-refractivity contribution < 1.29 is 0 Å². The fourth-order valence-corrected chi connectivity index (χ4v) is 7.27. The number of rotatable bonds is 16. The van der Waals surface area contributed by atoms with Gasteiger partial charge in [-0.3, -0.25) is 0 Å².